The van der Waals surface area contributed by atoms with Gasteiger partial charge in [0.15, 0.2) is 5.11 Å². The number of thiocarbonyl (C=S) groups is 1. The standard InChI is InChI=1S/C7H11N3S/c1-3-5-6(4-2)9-7(11)10-8/h3-5H,1-2,8H2,(H2,9,10,11)/b6-5+. The molecule has 0 unspecified atom stereocenters. The van der Waals surface area contributed by atoms with Gasteiger partial charge in [-0.15, -0.1) is 0 Å². The van der Waals surface area contributed by atoms with E-state index >= 15 is 0 Å². The van der Waals surface area contributed by atoms with E-state index in [1.165, 1.54) is 0 Å². The highest BCUT2D eigenvalue weighted by atomic mass is 32.1. The normalized spacial score (nSPS) is 10.1. The van der Waals surface area contributed by atoms with Gasteiger partial charge in [0.25, 0.3) is 0 Å². The van der Waals surface area contributed by atoms with Gasteiger partial charge in [-0.25, -0.2) is 5.84 Å². The van der Waals surface area contributed by atoms with Crippen LogP contribution in [0.4, 0.5) is 0 Å². The zero-order valence-electron chi connectivity index (χ0n) is 6.13. The molecule has 4 heteroatoms. The maximum Gasteiger partial charge on any atom is 0.185 e. The minimum absolute atomic E-state index is 0.345. The van der Waals surface area contributed by atoms with Crippen LogP contribution in [0.5, 0.6) is 0 Å². The van der Waals surface area contributed by atoms with E-state index in [0.717, 1.165) is 5.70 Å². The topological polar surface area (TPSA) is 50.1 Å². The zero-order valence-corrected chi connectivity index (χ0v) is 6.95. The molecule has 0 spiro atoms. The lowest BCUT2D eigenvalue weighted by Gasteiger charge is -2.05. The van der Waals surface area contributed by atoms with Gasteiger partial charge in [0.1, 0.15) is 0 Å². The van der Waals surface area contributed by atoms with Crippen LogP contribution in [0.3, 0.4) is 0 Å². The van der Waals surface area contributed by atoms with Crippen LogP contribution in [0, 0.1) is 0 Å². The van der Waals surface area contributed by atoms with Crippen LogP contribution in [-0.4, -0.2) is 5.11 Å². The Bertz CT molecular complexity index is 196. The van der Waals surface area contributed by atoms with Gasteiger partial charge in [-0.1, -0.05) is 19.2 Å². The van der Waals surface area contributed by atoms with Gasteiger partial charge >= 0.3 is 0 Å². The SMILES string of the molecule is C=C/C=C(\C=C)NC(=S)NN. The number of hydrogen-bond donors (Lipinski definition) is 3. The zero-order chi connectivity index (χ0) is 8.69. The Morgan fingerprint density at radius 2 is 2.09 bits per heavy atom. The lowest BCUT2D eigenvalue weighted by atomic mass is 10.4. The Morgan fingerprint density at radius 1 is 1.45 bits per heavy atom. The fourth-order valence-corrected chi connectivity index (χ4v) is 0.573. The third kappa shape index (κ3) is 4.30. The van der Waals surface area contributed by atoms with Crippen molar-refractivity contribution in [1.82, 2.24) is 10.7 Å². The maximum atomic E-state index is 5.03. The van der Waals surface area contributed by atoms with Crippen LogP contribution in [0.25, 0.3) is 0 Å². The Labute approximate surface area is 71.6 Å². The first-order valence-electron chi connectivity index (χ1n) is 2.97. The van der Waals surface area contributed by atoms with E-state index in [9.17, 15) is 0 Å². The molecule has 0 aliphatic rings. The summed E-state index contributed by atoms with van der Waals surface area (Å²) >= 11 is 4.74. The molecule has 60 valence electrons. The van der Waals surface area contributed by atoms with E-state index < -0.39 is 0 Å². The average molecular weight is 169 g/mol. The predicted octanol–water partition coefficient (Wildman–Crippen LogP) is 0.580. The summed E-state index contributed by atoms with van der Waals surface area (Å²) in [5.41, 5.74) is 3.04. The first-order valence-corrected chi connectivity index (χ1v) is 3.38. The molecular weight excluding hydrogens is 158 g/mol. The number of hydrazine groups is 1. The number of nitrogens with one attached hydrogen (secondary N) is 2. The molecule has 4 N–H and O–H groups in total. The van der Waals surface area contributed by atoms with Gasteiger partial charge in [0, 0.05) is 5.70 Å². The molecule has 0 aromatic carbocycles. The monoisotopic (exact) mass is 169 g/mol. The van der Waals surface area contributed by atoms with E-state index in [2.05, 4.69) is 23.9 Å². The van der Waals surface area contributed by atoms with Crippen molar-refractivity contribution in [3.05, 3.63) is 37.1 Å². The minimum Gasteiger partial charge on any atom is -0.332 e. The number of rotatable bonds is 3. The quantitative estimate of drug-likeness (QED) is 0.250. The highest BCUT2D eigenvalue weighted by Gasteiger charge is 1.91. The molecule has 0 aromatic heterocycles. The van der Waals surface area contributed by atoms with E-state index in [1.54, 1.807) is 18.2 Å². The average Bonchev–Trinajstić information content (AvgIpc) is 2.03. The second-order valence-corrected chi connectivity index (χ2v) is 2.07. The van der Waals surface area contributed by atoms with Crippen molar-refractivity contribution < 1.29 is 0 Å². The van der Waals surface area contributed by atoms with Crippen molar-refractivity contribution in [1.29, 1.82) is 0 Å². The lowest BCUT2D eigenvalue weighted by molar-refractivity contribution is 0.981. The van der Waals surface area contributed by atoms with Gasteiger partial charge in [0.05, 0.1) is 0 Å². The summed E-state index contributed by atoms with van der Waals surface area (Å²) in [4.78, 5) is 0. The molecule has 0 fully saturated rings. The van der Waals surface area contributed by atoms with Crippen molar-refractivity contribution in [2.45, 2.75) is 0 Å². The molecule has 0 aliphatic heterocycles. The molecule has 0 saturated carbocycles. The third-order valence-electron chi connectivity index (χ3n) is 0.906. The second kappa shape index (κ2) is 5.64. The van der Waals surface area contributed by atoms with Crippen molar-refractivity contribution >= 4 is 17.3 Å². The Balaban J connectivity index is 4.08. The number of hydrogen-bond acceptors (Lipinski definition) is 2. The first kappa shape index (κ1) is 9.87. The summed E-state index contributed by atoms with van der Waals surface area (Å²) in [7, 11) is 0. The van der Waals surface area contributed by atoms with Crippen LogP contribution in [0.1, 0.15) is 0 Å². The largest absolute Gasteiger partial charge is 0.332 e. The van der Waals surface area contributed by atoms with Crippen LogP contribution < -0.4 is 16.6 Å². The smallest absolute Gasteiger partial charge is 0.185 e. The van der Waals surface area contributed by atoms with Crippen molar-refractivity contribution in [2.24, 2.45) is 5.84 Å². The van der Waals surface area contributed by atoms with Crippen LogP contribution >= 0.6 is 12.2 Å². The summed E-state index contributed by atoms with van der Waals surface area (Å²) in [6.07, 6.45) is 4.98. The van der Waals surface area contributed by atoms with Gasteiger partial charge in [0.2, 0.25) is 0 Å². The summed E-state index contributed by atoms with van der Waals surface area (Å²) in [6, 6.07) is 0. The molecule has 11 heavy (non-hydrogen) atoms. The summed E-state index contributed by atoms with van der Waals surface area (Å²) in [6.45, 7) is 7.08. The molecule has 0 saturated heterocycles. The molecule has 0 bridgehead atoms. The highest BCUT2D eigenvalue weighted by Crippen LogP contribution is 1.89. The molecule has 0 heterocycles. The Kier molecular flexibility index (Phi) is 5.06. The second-order valence-electron chi connectivity index (χ2n) is 1.66. The maximum absolute atomic E-state index is 5.03. The number of nitrogens with two attached hydrogens (primary N) is 1. The van der Waals surface area contributed by atoms with Crippen molar-refractivity contribution in [3.63, 3.8) is 0 Å². The molecular formula is C7H11N3S. The van der Waals surface area contributed by atoms with Crippen LogP contribution in [0.2, 0.25) is 0 Å². The molecule has 0 rings (SSSR count). The summed E-state index contributed by atoms with van der Waals surface area (Å²) in [5, 5.41) is 3.13. The van der Waals surface area contributed by atoms with Crippen molar-refractivity contribution in [3.8, 4) is 0 Å². The molecule has 0 aromatic rings. The Morgan fingerprint density at radius 3 is 2.45 bits per heavy atom. The van der Waals surface area contributed by atoms with E-state index in [0.29, 0.717) is 5.11 Å². The fourth-order valence-electron chi connectivity index (χ4n) is 0.455. The van der Waals surface area contributed by atoms with Gasteiger partial charge in [-0.3, -0.25) is 0 Å². The summed E-state index contributed by atoms with van der Waals surface area (Å²) in [5.74, 6) is 5.03. The molecule has 0 atom stereocenters. The highest BCUT2D eigenvalue weighted by molar-refractivity contribution is 7.80. The molecule has 0 amide bonds. The van der Waals surface area contributed by atoms with Gasteiger partial charge < -0.3 is 10.7 Å². The number of allylic oxidation sites excluding steroid dienone is 3. The lowest BCUT2D eigenvalue weighted by Crippen LogP contribution is -2.38. The third-order valence-corrected chi connectivity index (χ3v) is 1.13. The van der Waals surface area contributed by atoms with Crippen LogP contribution in [0.15, 0.2) is 37.1 Å². The van der Waals surface area contributed by atoms with Crippen molar-refractivity contribution in [2.75, 3.05) is 0 Å². The van der Waals surface area contributed by atoms with E-state index in [-0.39, 0.29) is 0 Å². The molecule has 3 nitrogen and oxygen atoms in total. The fraction of sp³-hybridized carbons (Fsp3) is 0. The van der Waals surface area contributed by atoms with Gasteiger partial charge in [-0.05, 0) is 24.4 Å². The predicted molar refractivity (Wildman–Crippen MR) is 51.5 cm³/mol. The van der Waals surface area contributed by atoms with E-state index in [4.69, 9.17) is 18.1 Å². The minimum atomic E-state index is 0.345. The van der Waals surface area contributed by atoms with Gasteiger partial charge in [-0.2, -0.15) is 0 Å². The molecule has 0 radical (unpaired) electrons. The van der Waals surface area contributed by atoms with Crippen LogP contribution in [-0.2, 0) is 0 Å². The summed E-state index contributed by atoms with van der Waals surface area (Å²) < 4.78 is 0. The Hall–Kier alpha value is -1.13. The molecule has 0 aliphatic carbocycles. The van der Waals surface area contributed by atoms with E-state index in [1.807, 2.05) is 0 Å². The first-order chi connectivity index (χ1) is 5.24.